The number of hydrogen-bond donors (Lipinski definition) is 0. The Bertz CT molecular complexity index is 439. The quantitative estimate of drug-likeness (QED) is 0.686. The first kappa shape index (κ1) is 7.96. The molecule has 0 unspecified atom stereocenters. The molecule has 2 aromatic rings. The average Bonchev–Trinajstić information content (AvgIpc) is 2.67. The smallest absolute Gasteiger partial charge is 0.101 e. The molecule has 62 valence electrons. The first-order valence-electron chi connectivity index (χ1n) is 3.80. The van der Waals surface area contributed by atoms with Gasteiger partial charge in [0.25, 0.3) is 0 Å². The summed E-state index contributed by atoms with van der Waals surface area (Å²) in [6.45, 7) is 0. The third-order valence-corrected chi connectivity index (χ3v) is 2.67. The molecule has 0 radical (unpaired) electrons. The predicted octanol–water partition coefficient (Wildman–Crippen LogP) is 2.68. The van der Waals surface area contributed by atoms with Crippen molar-refractivity contribution in [3.63, 3.8) is 0 Å². The predicted molar refractivity (Wildman–Crippen MR) is 52.3 cm³/mol. The molecular weight excluding hydrogens is 180 g/mol. The minimum absolute atomic E-state index is 0.720. The molecule has 0 saturated carbocycles. The number of nitriles is 1. The van der Waals surface area contributed by atoms with Gasteiger partial charge in [-0.2, -0.15) is 5.26 Å². The van der Waals surface area contributed by atoms with Crippen molar-refractivity contribution < 1.29 is 0 Å². The van der Waals surface area contributed by atoms with Crippen LogP contribution in [-0.2, 0) is 0 Å². The van der Waals surface area contributed by atoms with Crippen molar-refractivity contribution in [3.8, 4) is 16.5 Å². The molecule has 3 heteroatoms. The molecule has 0 fully saturated rings. The third kappa shape index (κ3) is 1.44. The number of rotatable bonds is 1. The van der Waals surface area contributed by atoms with Crippen LogP contribution in [0.3, 0.4) is 0 Å². The van der Waals surface area contributed by atoms with Crippen molar-refractivity contribution in [3.05, 3.63) is 41.5 Å². The van der Waals surface area contributed by atoms with Crippen LogP contribution in [0, 0.1) is 11.3 Å². The summed E-state index contributed by atoms with van der Waals surface area (Å²) in [4.78, 5) is 5.01. The molecule has 0 spiro atoms. The minimum Gasteiger partial charge on any atom is -0.264 e. The van der Waals surface area contributed by atoms with Crippen LogP contribution in [0.4, 0.5) is 0 Å². The zero-order valence-corrected chi connectivity index (χ0v) is 7.58. The van der Waals surface area contributed by atoms with Crippen molar-refractivity contribution in [2.45, 2.75) is 0 Å². The highest BCUT2D eigenvalue weighted by molar-refractivity contribution is 7.13. The lowest BCUT2D eigenvalue weighted by Crippen LogP contribution is -1.77. The zero-order chi connectivity index (χ0) is 9.10. The molecule has 0 aliphatic rings. The second-order valence-electron chi connectivity index (χ2n) is 2.52. The van der Waals surface area contributed by atoms with Gasteiger partial charge in [0.05, 0.1) is 10.4 Å². The molecule has 2 nitrogen and oxygen atoms in total. The van der Waals surface area contributed by atoms with Crippen molar-refractivity contribution in [1.82, 2.24) is 4.98 Å². The van der Waals surface area contributed by atoms with Crippen LogP contribution < -0.4 is 0 Å². The summed E-state index contributed by atoms with van der Waals surface area (Å²) < 4.78 is 0. The third-order valence-electron chi connectivity index (χ3n) is 1.71. The summed E-state index contributed by atoms with van der Waals surface area (Å²) in [5.41, 5.74) is 1.73. The van der Waals surface area contributed by atoms with E-state index in [2.05, 4.69) is 11.1 Å². The molecule has 2 rings (SSSR count). The fraction of sp³-hybridized carbons (Fsp3) is 0. The molecule has 0 N–H and O–H groups in total. The first-order valence-corrected chi connectivity index (χ1v) is 4.68. The molecule has 13 heavy (non-hydrogen) atoms. The van der Waals surface area contributed by atoms with Crippen LogP contribution in [0.5, 0.6) is 0 Å². The highest BCUT2D eigenvalue weighted by atomic mass is 32.1. The number of aromatic nitrogens is 1. The minimum atomic E-state index is 0.720. The van der Waals surface area contributed by atoms with Gasteiger partial charge in [-0.25, -0.2) is 0 Å². The average molecular weight is 186 g/mol. The maximum Gasteiger partial charge on any atom is 0.101 e. The Labute approximate surface area is 80.1 Å². The fourth-order valence-electron chi connectivity index (χ4n) is 1.12. The van der Waals surface area contributed by atoms with Crippen molar-refractivity contribution in [2.24, 2.45) is 0 Å². The van der Waals surface area contributed by atoms with E-state index in [0.29, 0.717) is 0 Å². The largest absolute Gasteiger partial charge is 0.264 e. The van der Waals surface area contributed by atoms with Crippen LogP contribution in [0.2, 0.25) is 0 Å². The SMILES string of the molecule is N#Cc1ccsc1-c1cccnc1. The number of pyridine rings is 1. The topological polar surface area (TPSA) is 36.7 Å². The molecule has 0 aliphatic heterocycles. The van der Waals surface area contributed by atoms with Gasteiger partial charge in [-0.1, -0.05) is 6.07 Å². The molecular formula is C10H6N2S. The Morgan fingerprint density at radius 2 is 2.31 bits per heavy atom. The lowest BCUT2D eigenvalue weighted by atomic mass is 10.2. The fourth-order valence-corrected chi connectivity index (χ4v) is 1.96. The van der Waals surface area contributed by atoms with Gasteiger partial charge in [-0.3, -0.25) is 4.98 Å². The van der Waals surface area contributed by atoms with E-state index in [1.54, 1.807) is 23.7 Å². The van der Waals surface area contributed by atoms with Crippen molar-refractivity contribution >= 4 is 11.3 Å². The molecule has 0 aliphatic carbocycles. The molecule has 0 bridgehead atoms. The summed E-state index contributed by atoms with van der Waals surface area (Å²) in [7, 11) is 0. The second kappa shape index (κ2) is 3.38. The van der Waals surface area contributed by atoms with E-state index < -0.39 is 0 Å². The maximum atomic E-state index is 8.80. The molecule has 2 heterocycles. The van der Waals surface area contributed by atoms with Gasteiger partial charge < -0.3 is 0 Å². The maximum absolute atomic E-state index is 8.80. The first-order chi connectivity index (χ1) is 6.42. The molecule has 0 amide bonds. The standard InChI is InChI=1S/C10H6N2S/c11-6-8-3-5-13-10(8)9-2-1-4-12-7-9/h1-5,7H. The summed E-state index contributed by atoms with van der Waals surface area (Å²) in [5.74, 6) is 0. The van der Waals surface area contributed by atoms with E-state index in [0.717, 1.165) is 16.0 Å². The Morgan fingerprint density at radius 3 is 3.00 bits per heavy atom. The number of nitrogens with zero attached hydrogens (tertiary/aromatic N) is 2. The van der Waals surface area contributed by atoms with Crippen molar-refractivity contribution in [1.29, 1.82) is 5.26 Å². The van der Waals surface area contributed by atoms with E-state index >= 15 is 0 Å². The summed E-state index contributed by atoms with van der Waals surface area (Å²) in [6, 6.07) is 7.81. The highest BCUT2D eigenvalue weighted by Crippen LogP contribution is 2.27. The molecule has 0 atom stereocenters. The highest BCUT2D eigenvalue weighted by Gasteiger charge is 2.04. The lowest BCUT2D eigenvalue weighted by Gasteiger charge is -1.95. The van der Waals surface area contributed by atoms with Gasteiger partial charge in [0, 0.05) is 18.0 Å². The Hall–Kier alpha value is -1.66. The van der Waals surface area contributed by atoms with Crippen molar-refractivity contribution in [2.75, 3.05) is 0 Å². The van der Waals surface area contributed by atoms with Crippen LogP contribution >= 0.6 is 11.3 Å². The lowest BCUT2D eigenvalue weighted by molar-refractivity contribution is 1.33. The van der Waals surface area contributed by atoms with E-state index in [-0.39, 0.29) is 0 Å². The molecule has 2 aromatic heterocycles. The summed E-state index contributed by atoms with van der Waals surface area (Å²) >= 11 is 1.56. The van der Waals surface area contributed by atoms with Gasteiger partial charge in [-0.15, -0.1) is 11.3 Å². The molecule has 0 aromatic carbocycles. The second-order valence-corrected chi connectivity index (χ2v) is 3.43. The number of thiophene rings is 1. The molecule has 0 saturated heterocycles. The van der Waals surface area contributed by atoms with Gasteiger partial charge in [0.2, 0.25) is 0 Å². The monoisotopic (exact) mass is 186 g/mol. The van der Waals surface area contributed by atoms with Crippen LogP contribution in [-0.4, -0.2) is 4.98 Å². The van der Waals surface area contributed by atoms with Crippen LogP contribution in [0.1, 0.15) is 5.56 Å². The van der Waals surface area contributed by atoms with Gasteiger partial charge in [-0.05, 0) is 17.5 Å². The Balaban J connectivity index is 2.54. The van der Waals surface area contributed by atoms with E-state index in [1.807, 2.05) is 23.6 Å². The zero-order valence-electron chi connectivity index (χ0n) is 6.77. The Morgan fingerprint density at radius 1 is 1.38 bits per heavy atom. The van der Waals surface area contributed by atoms with Gasteiger partial charge >= 0.3 is 0 Å². The van der Waals surface area contributed by atoms with Gasteiger partial charge in [0.15, 0.2) is 0 Å². The van der Waals surface area contributed by atoms with E-state index in [4.69, 9.17) is 5.26 Å². The van der Waals surface area contributed by atoms with E-state index in [9.17, 15) is 0 Å². The number of hydrogen-bond acceptors (Lipinski definition) is 3. The van der Waals surface area contributed by atoms with E-state index in [1.165, 1.54) is 0 Å². The van der Waals surface area contributed by atoms with Crippen LogP contribution in [0.25, 0.3) is 10.4 Å². The Kier molecular flexibility index (Phi) is 2.07. The summed E-state index contributed by atoms with van der Waals surface area (Å²) in [5, 5.41) is 10.7. The summed E-state index contributed by atoms with van der Waals surface area (Å²) in [6.07, 6.45) is 3.50. The van der Waals surface area contributed by atoms with Gasteiger partial charge in [0.1, 0.15) is 6.07 Å². The normalized spacial score (nSPS) is 9.46. The van der Waals surface area contributed by atoms with Crippen LogP contribution in [0.15, 0.2) is 36.0 Å².